The summed E-state index contributed by atoms with van der Waals surface area (Å²) in [6.45, 7) is 10.8. The summed E-state index contributed by atoms with van der Waals surface area (Å²) in [4.78, 5) is 26.2. The fourth-order valence-corrected chi connectivity index (χ4v) is 2.84. The molecule has 33 heavy (non-hydrogen) atoms. The molecule has 0 saturated heterocycles. The summed E-state index contributed by atoms with van der Waals surface area (Å²) in [7, 11) is 0. The first-order valence-electron chi connectivity index (χ1n) is 10.6. The Hall–Kier alpha value is -4.04. The minimum absolute atomic E-state index is 0.00851. The maximum Gasteiger partial charge on any atom is 0.326 e. The molecule has 168 valence electrons. The number of amides is 1. The van der Waals surface area contributed by atoms with Crippen molar-refractivity contribution in [1.82, 2.24) is 0 Å². The quantitative estimate of drug-likeness (QED) is 0.517. The van der Waals surface area contributed by atoms with E-state index in [1.54, 1.807) is 18.7 Å². The number of carbonyl (C=O) groups excluding carboxylic acids is 2. The van der Waals surface area contributed by atoms with E-state index >= 15 is 0 Å². The van der Waals surface area contributed by atoms with E-state index in [4.69, 9.17) is 4.74 Å². The van der Waals surface area contributed by atoms with Crippen molar-refractivity contribution >= 4 is 17.6 Å². The van der Waals surface area contributed by atoms with Crippen molar-refractivity contribution in [3.05, 3.63) is 29.8 Å². The number of hydrogen-bond acceptors (Lipinski definition) is 3. The number of para-hydroxylation sites is 1. The average molecular weight is 440 g/mol. The fourth-order valence-electron chi connectivity index (χ4n) is 2.84. The van der Waals surface area contributed by atoms with E-state index in [1.165, 1.54) is 0 Å². The maximum atomic E-state index is 12.5. The normalized spacial score (nSPS) is 13.5. The molecule has 0 saturated carbocycles. The molecule has 2 rings (SSSR count). The molecule has 1 aromatic carbocycles. The molecule has 1 aromatic rings. The van der Waals surface area contributed by atoms with E-state index in [1.807, 2.05) is 52.0 Å². The summed E-state index contributed by atoms with van der Waals surface area (Å²) in [6.07, 6.45) is 1.66. The Kier molecular flexibility index (Phi) is 11.5. The molecule has 1 atom stereocenters. The van der Waals surface area contributed by atoms with E-state index in [9.17, 15) is 9.59 Å². The van der Waals surface area contributed by atoms with Crippen molar-refractivity contribution in [3.8, 4) is 59.2 Å². The van der Waals surface area contributed by atoms with E-state index in [0.717, 1.165) is 24.1 Å². The molecule has 0 bridgehead atoms. The zero-order valence-corrected chi connectivity index (χ0v) is 20.2. The van der Waals surface area contributed by atoms with Crippen LogP contribution in [-0.2, 0) is 20.7 Å². The maximum absolute atomic E-state index is 12.5. The summed E-state index contributed by atoms with van der Waals surface area (Å²) >= 11 is 0. The summed E-state index contributed by atoms with van der Waals surface area (Å²) in [5.41, 5.74) is 1.40. The molecule has 0 N–H and O–H groups in total. The summed E-state index contributed by atoms with van der Waals surface area (Å²) in [6, 6.07) is 7.77. The first-order valence-corrected chi connectivity index (χ1v) is 10.6. The largest absolute Gasteiger partial charge is 0.459 e. The number of fused-ring (bicyclic) bond motifs is 1. The number of benzene rings is 1. The first kappa shape index (κ1) is 27.0. The molecule has 0 aromatic heterocycles. The minimum Gasteiger partial charge on any atom is -0.459 e. The number of ether oxygens (including phenoxy) is 1. The molecule has 1 amide bonds. The third-order valence-corrected chi connectivity index (χ3v) is 4.21. The average Bonchev–Trinajstić information content (AvgIpc) is 2.87. The Bertz CT molecular complexity index is 1120. The molecule has 0 radical (unpaired) electrons. The topological polar surface area (TPSA) is 46.6 Å². The first-order chi connectivity index (χ1) is 15.7. The standard InChI is InChI=1S/C17H23NO3.C12H6/c1-12-9-10-13-7-5-6-8-14(13)18(16(12)20)11-15(19)21-17(2,3)4;1-3-5-7-9-11-12-10-8-6-4-2/h5-8,12H,9-11H2,1-4H3;1-2H3/t12-;/m0./s1. The second kappa shape index (κ2) is 14.1. The van der Waals surface area contributed by atoms with Crippen LogP contribution in [0.4, 0.5) is 5.69 Å². The highest BCUT2D eigenvalue weighted by Crippen LogP contribution is 2.29. The third kappa shape index (κ3) is 10.7. The lowest BCUT2D eigenvalue weighted by molar-refractivity contribution is -0.153. The number of carbonyl (C=O) groups is 2. The van der Waals surface area contributed by atoms with Crippen LogP contribution in [0.5, 0.6) is 0 Å². The molecule has 0 unspecified atom stereocenters. The Balaban J connectivity index is 0.000000389. The van der Waals surface area contributed by atoms with Gasteiger partial charge in [-0.3, -0.25) is 9.59 Å². The van der Waals surface area contributed by atoms with Crippen molar-refractivity contribution in [2.45, 2.75) is 60.0 Å². The van der Waals surface area contributed by atoms with Crippen LogP contribution in [-0.4, -0.2) is 24.0 Å². The van der Waals surface area contributed by atoms with E-state index < -0.39 is 5.60 Å². The molecule has 1 aliphatic heterocycles. The highest BCUT2D eigenvalue weighted by atomic mass is 16.6. The van der Waals surface area contributed by atoms with Crippen LogP contribution in [0.3, 0.4) is 0 Å². The Labute approximate surface area is 198 Å². The Morgan fingerprint density at radius 2 is 1.48 bits per heavy atom. The van der Waals surface area contributed by atoms with Crippen LogP contribution in [0, 0.1) is 65.1 Å². The van der Waals surface area contributed by atoms with Gasteiger partial charge in [0.05, 0.1) is 0 Å². The van der Waals surface area contributed by atoms with Crippen LogP contribution >= 0.6 is 0 Å². The molecule has 4 nitrogen and oxygen atoms in total. The zero-order chi connectivity index (χ0) is 24.7. The lowest BCUT2D eigenvalue weighted by Crippen LogP contribution is -2.40. The van der Waals surface area contributed by atoms with Gasteiger partial charge in [0.2, 0.25) is 5.91 Å². The molecule has 0 fully saturated rings. The number of esters is 1. The van der Waals surface area contributed by atoms with Crippen LogP contribution in [0.2, 0.25) is 0 Å². The smallest absolute Gasteiger partial charge is 0.326 e. The van der Waals surface area contributed by atoms with Gasteiger partial charge in [-0.2, -0.15) is 0 Å². The molecule has 4 heteroatoms. The number of rotatable bonds is 2. The monoisotopic (exact) mass is 439 g/mol. The van der Waals surface area contributed by atoms with Gasteiger partial charge < -0.3 is 9.64 Å². The van der Waals surface area contributed by atoms with Gasteiger partial charge in [-0.1, -0.05) is 37.0 Å². The summed E-state index contributed by atoms with van der Waals surface area (Å²) in [5.74, 6) is 25.1. The lowest BCUT2D eigenvalue weighted by Gasteiger charge is -2.26. The van der Waals surface area contributed by atoms with E-state index in [-0.39, 0.29) is 24.3 Å². The van der Waals surface area contributed by atoms with Gasteiger partial charge in [-0.05, 0) is 106 Å². The molecule has 0 spiro atoms. The summed E-state index contributed by atoms with van der Waals surface area (Å²) in [5, 5.41) is 0. The number of anilines is 1. The minimum atomic E-state index is -0.545. The molecular formula is C29H29NO3. The Morgan fingerprint density at radius 3 is 2.00 bits per heavy atom. The van der Waals surface area contributed by atoms with Gasteiger partial charge in [0.15, 0.2) is 0 Å². The van der Waals surface area contributed by atoms with Crippen LogP contribution in [0.1, 0.15) is 53.5 Å². The van der Waals surface area contributed by atoms with Gasteiger partial charge in [-0.15, -0.1) is 0 Å². The number of nitrogens with zero attached hydrogens (tertiary/aromatic N) is 1. The zero-order valence-electron chi connectivity index (χ0n) is 20.2. The molecule has 1 aliphatic rings. The van der Waals surface area contributed by atoms with Crippen LogP contribution < -0.4 is 4.90 Å². The second-order valence-corrected chi connectivity index (χ2v) is 8.08. The van der Waals surface area contributed by atoms with Crippen molar-refractivity contribution < 1.29 is 14.3 Å². The van der Waals surface area contributed by atoms with Crippen molar-refractivity contribution in [3.63, 3.8) is 0 Å². The van der Waals surface area contributed by atoms with Gasteiger partial charge in [0.1, 0.15) is 12.1 Å². The van der Waals surface area contributed by atoms with Gasteiger partial charge in [-0.25, -0.2) is 0 Å². The lowest BCUT2D eigenvalue weighted by atomic mass is 10.0. The van der Waals surface area contributed by atoms with E-state index in [0.29, 0.717) is 0 Å². The molecule has 0 aliphatic carbocycles. The van der Waals surface area contributed by atoms with Gasteiger partial charge in [0.25, 0.3) is 0 Å². The van der Waals surface area contributed by atoms with Crippen molar-refractivity contribution in [2.75, 3.05) is 11.4 Å². The highest BCUT2D eigenvalue weighted by molar-refractivity contribution is 6.00. The number of hydrogen-bond donors (Lipinski definition) is 0. The number of aryl methyl sites for hydroxylation is 1. The van der Waals surface area contributed by atoms with Crippen molar-refractivity contribution in [2.24, 2.45) is 5.92 Å². The second-order valence-electron chi connectivity index (χ2n) is 8.08. The molecular weight excluding hydrogens is 410 g/mol. The van der Waals surface area contributed by atoms with Crippen LogP contribution in [0.15, 0.2) is 24.3 Å². The predicted octanol–water partition coefficient (Wildman–Crippen LogP) is 3.99. The predicted molar refractivity (Wildman–Crippen MR) is 132 cm³/mol. The molecule has 1 heterocycles. The third-order valence-electron chi connectivity index (χ3n) is 4.21. The fraction of sp³-hybridized carbons (Fsp3) is 0.379. The Morgan fingerprint density at radius 1 is 0.970 bits per heavy atom. The van der Waals surface area contributed by atoms with Crippen LogP contribution in [0.25, 0.3) is 0 Å². The van der Waals surface area contributed by atoms with E-state index in [2.05, 4.69) is 59.2 Å². The van der Waals surface area contributed by atoms with Crippen molar-refractivity contribution in [1.29, 1.82) is 0 Å². The SMILES string of the molecule is CC#CC#CC#CC#CC#CC.C[C@H]1CCc2ccccc2N(CC(=O)OC(C)(C)C)C1=O. The highest BCUT2D eigenvalue weighted by Gasteiger charge is 2.30. The van der Waals surface area contributed by atoms with Gasteiger partial charge in [0, 0.05) is 11.6 Å². The summed E-state index contributed by atoms with van der Waals surface area (Å²) < 4.78 is 5.35. The van der Waals surface area contributed by atoms with Gasteiger partial charge >= 0.3 is 5.97 Å².